The molecule has 0 saturated heterocycles. The molecule has 4 rings (SSSR count). The molecule has 1 amide bonds. The van der Waals surface area contributed by atoms with Crippen LogP contribution >= 0.6 is 11.3 Å². The van der Waals surface area contributed by atoms with Crippen molar-refractivity contribution < 1.29 is 23.7 Å². The summed E-state index contributed by atoms with van der Waals surface area (Å²) in [7, 11) is 0. The maximum atomic E-state index is 13.0. The third kappa shape index (κ3) is 5.63. The van der Waals surface area contributed by atoms with Gasteiger partial charge in [0.2, 0.25) is 0 Å². The average molecular weight is 514 g/mol. The lowest BCUT2D eigenvalue weighted by molar-refractivity contribution is -0.384. The maximum absolute atomic E-state index is 13.0. The Hall–Kier alpha value is -5.01. The summed E-state index contributed by atoms with van der Waals surface area (Å²) in [4.78, 5) is 36.2. The van der Waals surface area contributed by atoms with Crippen LogP contribution in [0.1, 0.15) is 23.0 Å². The minimum atomic E-state index is -0.734. The van der Waals surface area contributed by atoms with Crippen molar-refractivity contribution in [3.63, 3.8) is 0 Å². The van der Waals surface area contributed by atoms with Crippen LogP contribution in [0.3, 0.4) is 0 Å². The van der Waals surface area contributed by atoms with Crippen molar-refractivity contribution in [2.24, 2.45) is 0 Å². The SMILES string of the molecule is CCOC(=O)c1c(-c2ccccc2)csc1NC(=O)C(C#N)=Cc1ccc(-c2cccc([N+](=O)[O-])c2)o1. The van der Waals surface area contributed by atoms with Crippen LogP contribution in [-0.4, -0.2) is 23.4 Å². The number of benzene rings is 2. The fraction of sp³-hybridized carbons (Fsp3) is 0.0741. The summed E-state index contributed by atoms with van der Waals surface area (Å²) in [5.41, 5.74) is 1.71. The van der Waals surface area contributed by atoms with E-state index in [1.54, 1.807) is 30.5 Å². The number of nitro groups is 1. The van der Waals surface area contributed by atoms with E-state index in [0.717, 1.165) is 16.9 Å². The molecule has 2 aromatic heterocycles. The van der Waals surface area contributed by atoms with Crippen molar-refractivity contribution >= 4 is 40.0 Å². The molecule has 2 heterocycles. The Labute approximate surface area is 215 Å². The molecule has 0 fully saturated rings. The zero-order valence-electron chi connectivity index (χ0n) is 19.5. The van der Waals surface area contributed by atoms with Gasteiger partial charge in [-0.1, -0.05) is 42.5 Å². The van der Waals surface area contributed by atoms with E-state index >= 15 is 0 Å². The molecule has 0 bridgehead atoms. The highest BCUT2D eigenvalue weighted by Crippen LogP contribution is 2.36. The van der Waals surface area contributed by atoms with Crippen molar-refractivity contribution in [2.75, 3.05) is 11.9 Å². The number of thiophene rings is 1. The molecule has 184 valence electrons. The van der Waals surface area contributed by atoms with Gasteiger partial charge in [-0.3, -0.25) is 14.9 Å². The lowest BCUT2D eigenvalue weighted by atomic mass is 10.0. The normalized spacial score (nSPS) is 11.0. The predicted molar refractivity (Wildman–Crippen MR) is 139 cm³/mol. The van der Waals surface area contributed by atoms with E-state index in [0.29, 0.717) is 16.9 Å². The molecule has 0 aliphatic rings. The molecule has 0 radical (unpaired) electrons. The summed E-state index contributed by atoms with van der Waals surface area (Å²) >= 11 is 1.14. The number of hydrogen-bond acceptors (Lipinski definition) is 8. The van der Waals surface area contributed by atoms with Gasteiger partial charge >= 0.3 is 5.97 Å². The highest BCUT2D eigenvalue weighted by molar-refractivity contribution is 7.15. The van der Waals surface area contributed by atoms with Crippen LogP contribution < -0.4 is 5.32 Å². The molecular weight excluding hydrogens is 494 g/mol. The standard InChI is InChI=1S/C27H19N3O6S/c1-2-35-27(32)24-22(17-7-4-3-5-8-17)16-37-26(24)29-25(31)19(15-28)14-21-11-12-23(36-21)18-9-6-10-20(13-18)30(33)34/h3-14,16H,2H2,1H3,(H,29,31). The first-order chi connectivity index (χ1) is 17.9. The molecule has 1 N–H and O–H groups in total. The molecule has 37 heavy (non-hydrogen) atoms. The highest BCUT2D eigenvalue weighted by atomic mass is 32.1. The number of anilines is 1. The largest absolute Gasteiger partial charge is 0.462 e. The number of nitrogens with one attached hydrogen (secondary N) is 1. The first-order valence-electron chi connectivity index (χ1n) is 11.0. The number of furan rings is 1. The summed E-state index contributed by atoms with van der Waals surface area (Å²) < 4.78 is 10.9. The number of nitrogens with zero attached hydrogens (tertiary/aromatic N) is 2. The second-order valence-corrected chi connectivity index (χ2v) is 8.45. The smallest absolute Gasteiger partial charge is 0.341 e. The van der Waals surface area contributed by atoms with E-state index in [4.69, 9.17) is 9.15 Å². The summed E-state index contributed by atoms with van der Waals surface area (Å²) in [5.74, 6) is -0.784. The molecular formula is C27H19N3O6S. The Balaban J connectivity index is 1.61. The number of hydrogen-bond donors (Lipinski definition) is 1. The molecule has 9 nitrogen and oxygen atoms in total. The summed E-state index contributed by atoms with van der Waals surface area (Å²) in [6.07, 6.45) is 1.26. The molecule has 0 unspecified atom stereocenters. The van der Waals surface area contributed by atoms with Crippen molar-refractivity contribution in [3.8, 4) is 28.5 Å². The Morgan fingerprint density at radius 1 is 1.14 bits per heavy atom. The van der Waals surface area contributed by atoms with Gasteiger partial charge in [0.15, 0.2) is 0 Å². The van der Waals surface area contributed by atoms with Gasteiger partial charge in [0, 0.05) is 34.7 Å². The molecule has 0 saturated carbocycles. The van der Waals surface area contributed by atoms with E-state index in [-0.39, 0.29) is 34.2 Å². The lowest BCUT2D eigenvalue weighted by Gasteiger charge is -2.08. The molecule has 4 aromatic rings. The van der Waals surface area contributed by atoms with Gasteiger partial charge in [-0.25, -0.2) is 4.79 Å². The van der Waals surface area contributed by atoms with Gasteiger partial charge < -0.3 is 14.5 Å². The first kappa shape index (κ1) is 25.1. The van der Waals surface area contributed by atoms with E-state index in [1.165, 1.54) is 24.3 Å². The Kier molecular flexibility index (Phi) is 7.56. The van der Waals surface area contributed by atoms with Crippen molar-refractivity contribution in [3.05, 3.63) is 99.1 Å². The minimum Gasteiger partial charge on any atom is -0.462 e. The molecule has 10 heteroatoms. The quantitative estimate of drug-likeness (QED) is 0.0959. The van der Waals surface area contributed by atoms with Crippen molar-refractivity contribution in [1.29, 1.82) is 5.26 Å². The summed E-state index contributed by atoms with van der Waals surface area (Å²) in [5, 5.41) is 25.3. The van der Waals surface area contributed by atoms with Crippen LogP contribution in [0, 0.1) is 21.4 Å². The summed E-state index contributed by atoms with van der Waals surface area (Å²) in [6.45, 7) is 1.84. The fourth-order valence-electron chi connectivity index (χ4n) is 3.51. The number of non-ortho nitro benzene ring substituents is 1. The van der Waals surface area contributed by atoms with Crippen LogP contribution in [0.4, 0.5) is 10.7 Å². The second-order valence-electron chi connectivity index (χ2n) is 7.57. The molecule has 2 aromatic carbocycles. The number of esters is 1. The van der Waals surface area contributed by atoms with Crippen LogP contribution in [0.5, 0.6) is 0 Å². The number of carbonyl (C=O) groups excluding carboxylic acids is 2. The van der Waals surface area contributed by atoms with Crippen LogP contribution in [0.2, 0.25) is 0 Å². The van der Waals surface area contributed by atoms with E-state index in [1.807, 2.05) is 36.4 Å². The monoisotopic (exact) mass is 513 g/mol. The van der Waals surface area contributed by atoms with Gasteiger partial charge in [0.1, 0.15) is 33.7 Å². The number of nitriles is 1. The van der Waals surface area contributed by atoms with Gasteiger partial charge in [-0.15, -0.1) is 11.3 Å². The zero-order chi connectivity index (χ0) is 26.4. The van der Waals surface area contributed by atoms with Crippen molar-refractivity contribution in [2.45, 2.75) is 6.92 Å². The number of nitro benzene ring substituents is 1. The Morgan fingerprint density at radius 3 is 2.59 bits per heavy atom. The third-order valence-corrected chi connectivity index (χ3v) is 6.10. The average Bonchev–Trinajstić information content (AvgIpc) is 3.55. The predicted octanol–water partition coefficient (Wildman–Crippen LogP) is 6.31. The highest BCUT2D eigenvalue weighted by Gasteiger charge is 2.24. The van der Waals surface area contributed by atoms with Gasteiger partial charge in [0.25, 0.3) is 11.6 Å². The van der Waals surface area contributed by atoms with Crippen molar-refractivity contribution in [1.82, 2.24) is 0 Å². The molecule has 0 spiro atoms. The zero-order valence-corrected chi connectivity index (χ0v) is 20.3. The molecule has 0 aliphatic heterocycles. The summed E-state index contributed by atoms with van der Waals surface area (Å²) in [6, 6.07) is 20.1. The maximum Gasteiger partial charge on any atom is 0.341 e. The third-order valence-electron chi connectivity index (χ3n) is 5.20. The molecule has 0 aliphatic carbocycles. The fourth-order valence-corrected chi connectivity index (χ4v) is 4.46. The molecule has 0 atom stereocenters. The number of carbonyl (C=O) groups is 2. The second kappa shape index (κ2) is 11.2. The van der Waals surface area contributed by atoms with E-state index in [2.05, 4.69) is 5.32 Å². The van der Waals surface area contributed by atoms with Gasteiger partial charge in [0.05, 0.1) is 11.5 Å². The van der Waals surface area contributed by atoms with Gasteiger partial charge in [-0.2, -0.15) is 5.26 Å². The Morgan fingerprint density at radius 2 is 1.89 bits per heavy atom. The topological polar surface area (TPSA) is 135 Å². The minimum absolute atomic E-state index is 0.0914. The van der Waals surface area contributed by atoms with Crippen LogP contribution in [0.25, 0.3) is 28.5 Å². The van der Waals surface area contributed by atoms with Crippen LogP contribution in [-0.2, 0) is 9.53 Å². The number of rotatable bonds is 8. The van der Waals surface area contributed by atoms with E-state index < -0.39 is 16.8 Å². The van der Waals surface area contributed by atoms with E-state index in [9.17, 15) is 25.0 Å². The van der Waals surface area contributed by atoms with Gasteiger partial charge in [-0.05, 0) is 24.6 Å². The number of ether oxygens (including phenoxy) is 1. The lowest BCUT2D eigenvalue weighted by Crippen LogP contribution is -2.16. The van der Waals surface area contributed by atoms with Crippen LogP contribution in [0.15, 0.2) is 82.1 Å². The first-order valence-corrected chi connectivity index (χ1v) is 11.9. The Bertz CT molecular complexity index is 1550. The number of amides is 1.